The maximum Gasteiger partial charge on any atom is 0.416 e. The first-order valence-electron chi connectivity index (χ1n) is 13.6. The second kappa shape index (κ2) is 11.3. The lowest BCUT2D eigenvalue weighted by atomic mass is 10.1. The zero-order valence-electron chi connectivity index (χ0n) is 23.6. The predicted octanol–water partition coefficient (Wildman–Crippen LogP) is 4.48. The molecule has 0 bridgehead atoms. The van der Waals surface area contributed by atoms with E-state index in [1.807, 2.05) is 19.4 Å². The Labute approximate surface area is 248 Å². The van der Waals surface area contributed by atoms with Gasteiger partial charge in [-0.25, -0.2) is 19.3 Å². The number of imidazole rings is 1. The molecule has 228 valence electrons. The van der Waals surface area contributed by atoms with Crippen molar-refractivity contribution < 1.29 is 27.1 Å². The molecule has 1 fully saturated rings. The van der Waals surface area contributed by atoms with Crippen LogP contribution in [-0.2, 0) is 24.5 Å². The van der Waals surface area contributed by atoms with Crippen LogP contribution in [0.2, 0.25) is 0 Å². The van der Waals surface area contributed by atoms with Crippen LogP contribution in [-0.4, -0.2) is 59.1 Å². The number of benzene rings is 1. The summed E-state index contributed by atoms with van der Waals surface area (Å²) in [6, 6.07) is 5.29. The Kier molecular flexibility index (Phi) is 7.51. The van der Waals surface area contributed by atoms with Gasteiger partial charge in [-0.3, -0.25) is 18.8 Å². The summed E-state index contributed by atoms with van der Waals surface area (Å²) in [4.78, 5) is 27.7. The molecule has 1 aliphatic heterocycles. The zero-order chi connectivity index (χ0) is 31.2. The van der Waals surface area contributed by atoms with Gasteiger partial charge in [0.05, 0.1) is 18.4 Å². The van der Waals surface area contributed by atoms with Crippen LogP contribution in [0.4, 0.5) is 29.2 Å². The molecule has 44 heavy (non-hydrogen) atoms. The molecule has 11 nitrogen and oxygen atoms in total. The van der Waals surface area contributed by atoms with E-state index in [0.29, 0.717) is 37.1 Å². The first kappa shape index (κ1) is 29.2. The second-order valence-corrected chi connectivity index (χ2v) is 10.5. The van der Waals surface area contributed by atoms with Gasteiger partial charge in [0.1, 0.15) is 40.6 Å². The van der Waals surface area contributed by atoms with Crippen LogP contribution in [0, 0.1) is 5.82 Å². The average molecular weight is 610 g/mol. The molecule has 5 aromatic rings. The molecule has 0 radical (unpaired) electrons. The molecule has 0 spiro atoms. The Bertz CT molecular complexity index is 1850. The summed E-state index contributed by atoms with van der Waals surface area (Å²) in [6.07, 6.45) is 2.80. The molecular formula is C29H27F4N9O2. The zero-order valence-corrected chi connectivity index (χ0v) is 23.6. The van der Waals surface area contributed by atoms with Gasteiger partial charge in [-0.05, 0) is 37.3 Å². The number of halogens is 4. The highest BCUT2D eigenvalue weighted by Gasteiger charge is 2.33. The van der Waals surface area contributed by atoms with Crippen LogP contribution < -0.4 is 11.1 Å². The number of morpholine rings is 1. The summed E-state index contributed by atoms with van der Waals surface area (Å²) in [7, 11) is 1.86. The summed E-state index contributed by atoms with van der Waals surface area (Å²) < 4.78 is 64.4. The Morgan fingerprint density at radius 3 is 2.73 bits per heavy atom. The highest BCUT2D eigenvalue weighted by atomic mass is 19.4. The fourth-order valence-electron chi connectivity index (χ4n) is 5.19. The van der Waals surface area contributed by atoms with Crippen molar-refractivity contribution in [2.75, 3.05) is 24.2 Å². The van der Waals surface area contributed by atoms with E-state index in [-0.39, 0.29) is 34.5 Å². The smallest absolute Gasteiger partial charge is 0.382 e. The molecular weight excluding hydrogens is 582 g/mol. The topological polar surface area (TPSA) is 128 Å². The molecule has 0 saturated carbocycles. The molecule has 0 unspecified atom stereocenters. The number of aromatic nitrogens is 6. The molecule has 15 heteroatoms. The first-order chi connectivity index (χ1) is 21.0. The SMILES string of the molecule is C[C@@H]1CO[C@@H](c2nc(-c3ccc(C(=O)Nc4cc(C(F)(F)F)ccn4)cc3F)c3c(N)nccn23)CN1Cc1cnn(C)c1. The summed E-state index contributed by atoms with van der Waals surface area (Å²) in [6.45, 7) is 3.67. The van der Waals surface area contributed by atoms with Gasteiger partial charge in [-0.1, -0.05) is 0 Å². The number of amides is 1. The Hall–Kier alpha value is -4.89. The van der Waals surface area contributed by atoms with Gasteiger partial charge >= 0.3 is 6.18 Å². The third kappa shape index (κ3) is 5.70. The number of carbonyl (C=O) groups is 1. The lowest BCUT2D eigenvalue weighted by Crippen LogP contribution is -2.44. The van der Waals surface area contributed by atoms with E-state index < -0.39 is 29.6 Å². The molecule has 4 aromatic heterocycles. The molecule has 1 amide bonds. The maximum atomic E-state index is 15.6. The number of pyridine rings is 1. The second-order valence-electron chi connectivity index (χ2n) is 10.5. The number of nitrogens with two attached hydrogens (primary N) is 1. The molecule has 1 aliphatic rings. The van der Waals surface area contributed by atoms with Crippen LogP contribution >= 0.6 is 0 Å². The van der Waals surface area contributed by atoms with E-state index in [1.165, 1.54) is 18.3 Å². The Balaban J connectivity index is 1.29. The number of hydrogen-bond acceptors (Lipinski definition) is 8. The van der Waals surface area contributed by atoms with Crippen molar-refractivity contribution in [3.8, 4) is 11.3 Å². The number of rotatable bonds is 6. The van der Waals surface area contributed by atoms with Gasteiger partial charge < -0.3 is 15.8 Å². The van der Waals surface area contributed by atoms with E-state index in [1.54, 1.807) is 15.3 Å². The van der Waals surface area contributed by atoms with Gasteiger partial charge in [-0.15, -0.1) is 0 Å². The van der Waals surface area contributed by atoms with E-state index >= 15 is 4.39 Å². The summed E-state index contributed by atoms with van der Waals surface area (Å²) >= 11 is 0. The molecule has 2 atom stereocenters. The van der Waals surface area contributed by atoms with E-state index in [0.717, 1.165) is 23.9 Å². The van der Waals surface area contributed by atoms with Crippen LogP contribution in [0.1, 0.15) is 40.3 Å². The third-order valence-corrected chi connectivity index (χ3v) is 7.42. The minimum Gasteiger partial charge on any atom is -0.382 e. The number of aryl methyl sites for hydroxylation is 1. The molecule has 1 aromatic carbocycles. The number of fused-ring (bicyclic) bond motifs is 1. The van der Waals surface area contributed by atoms with Crippen molar-refractivity contribution in [1.82, 2.24) is 34.0 Å². The Morgan fingerprint density at radius 2 is 2.00 bits per heavy atom. The monoisotopic (exact) mass is 609 g/mol. The number of alkyl halides is 3. The van der Waals surface area contributed by atoms with E-state index in [9.17, 15) is 18.0 Å². The number of nitrogen functional groups attached to an aromatic ring is 1. The number of ether oxygens (including phenoxy) is 1. The van der Waals surface area contributed by atoms with Gasteiger partial charge in [0.15, 0.2) is 0 Å². The number of hydrogen-bond donors (Lipinski definition) is 2. The quantitative estimate of drug-likeness (QED) is 0.270. The van der Waals surface area contributed by atoms with Crippen molar-refractivity contribution in [2.24, 2.45) is 7.05 Å². The van der Waals surface area contributed by atoms with Crippen LogP contribution in [0.15, 0.2) is 61.3 Å². The average Bonchev–Trinajstić information content (AvgIpc) is 3.58. The van der Waals surface area contributed by atoms with Crippen LogP contribution in [0.5, 0.6) is 0 Å². The summed E-state index contributed by atoms with van der Waals surface area (Å²) in [5.74, 6) is -1.33. The number of anilines is 2. The Morgan fingerprint density at radius 1 is 1.18 bits per heavy atom. The van der Waals surface area contributed by atoms with Gasteiger partial charge in [0, 0.05) is 67.7 Å². The molecule has 6 rings (SSSR count). The third-order valence-electron chi connectivity index (χ3n) is 7.42. The predicted molar refractivity (Wildman–Crippen MR) is 152 cm³/mol. The summed E-state index contributed by atoms with van der Waals surface area (Å²) in [5.41, 5.74) is 6.82. The van der Waals surface area contributed by atoms with Crippen molar-refractivity contribution >= 4 is 23.1 Å². The number of carbonyl (C=O) groups excluding carboxylic acids is 1. The molecule has 1 saturated heterocycles. The minimum absolute atomic E-state index is 0.0542. The number of nitrogens with one attached hydrogen (secondary N) is 1. The molecule has 3 N–H and O–H groups in total. The van der Waals surface area contributed by atoms with Gasteiger partial charge in [-0.2, -0.15) is 18.3 Å². The largest absolute Gasteiger partial charge is 0.416 e. The van der Waals surface area contributed by atoms with Crippen molar-refractivity contribution in [3.05, 3.63) is 89.6 Å². The van der Waals surface area contributed by atoms with Crippen LogP contribution in [0.25, 0.3) is 16.8 Å². The normalized spacial score (nSPS) is 17.7. The molecule has 5 heterocycles. The standard InChI is InChI=1S/C29H27F4N9O2/c1-16-15-44-22(14-41(16)13-17-11-37-40(2)12-17)27-39-24(25-26(34)36-7-8-42(25)27)20-4-3-18(9-21(20)30)28(43)38-23-10-19(5-6-35-23)29(31,32)33/h3-12,16,22H,13-15H2,1-2H3,(H2,34,36)(H,35,38,43)/t16-,22-/m1/s1. The maximum absolute atomic E-state index is 15.6. The highest BCUT2D eigenvalue weighted by molar-refractivity contribution is 6.04. The highest BCUT2D eigenvalue weighted by Crippen LogP contribution is 2.35. The van der Waals surface area contributed by atoms with Crippen molar-refractivity contribution in [3.63, 3.8) is 0 Å². The summed E-state index contributed by atoms with van der Waals surface area (Å²) in [5, 5.41) is 6.52. The van der Waals surface area contributed by atoms with E-state index in [2.05, 4.69) is 32.2 Å². The van der Waals surface area contributed by atoms with Gasteiger partial charge in [0.25, 0.3) is 5.91 Å². The van der Waals surface area contributed by atoms with Crippen molar-refractivity contribution in [2.45, 2.75) is 31.8 Å². The van der Waals surface area contributed by atoms with E-state index in [4.69, 9.17) is 15.5 Å². The number of nitrogens with zero attached hydrogens (tertiary/aromatic N) is 7. The first-order valence-corrected chi connectivity index (χ1v) is 13.6. The van der Waals surface area contributed by atoms with Crippen molar-refractivity contribution in [1.29, 1.82) is 0 Å². The minimum atomic E-state index is -4.61. The fourth-order valence-corrected chi connectivity index (χ4v) is 5.19. The molecule has 0 aliphatic carbocycles. The lowest BCUT2D eigenvalue weighted by molar-refractivity contribution is -0.137. The fraction of sp³-hybridized carbons (Fsp3) is 0.276. The van der Waals surface area contributed by atoms with Gasteiger partial charge in [0.2, 0.25) is 0 Å². The van der Waals surface area contributed by atoms with Crippen LogP contribution in [0.3, 0.4) is 0 Å². The lowest BCUT2D eigenvalue weighted by Gasteiger charge is -2.37.